The van der Waals surface area contributed by atoms with Crippen molar-refractivity contribution in [2.75, 3.05) is 4.72 Å². The Morgan fingerprint density at radius 1 is 1.35 bits per heavy atom. The Morgan fingerprint density at radius 2 is 2.00 bits per heavy atom. The molecule has 2 rings (SSSR count). The van der Waals surface area contributed by atoms with Crippen LogP contribution in [0, 0.1) is 6.92 Å². The van der Waals surface area contributed by atoms with Gasteiger partial charge in [-0.1, -0.05) is 0 Å². The van der Waals surface area contributed by atoms with Crippen LogP contribution >= 0.6 is 0 Å². The zero-order chi connectivity index (χ0) is 15.1. The average molecular weight is 309 g/mol. The third-order valence-corrected chi connectivity index (χ3v) is 4.06. The quantitative estimate of drug-likeness (QED) is 0.893. The van der Waals surface area contributed by atoms with Gasteiger partial charge in [0, 0.05) is 12.6 Å². The molecule has 0 saturated heterocycles. The van der Waals surface area contributed by atoms with Crippen LogP contribution in [0.5, 0.6) is 0 Å². The van der Waals surface area contributed by atoms with Crippen molar-refractivity contribution in [3.05, 3.63) is 23.7 Å². The predicted molar refractivity (Wildman–Crippen MR) is 62.3 cm³/mol. The molecule has 2 heterocycles. The second kappa shape index (κ2) is 4.51. The maximum absolute atomic E-state index is 12.6. The Hall–Kier alpha value is -2.04. The molecule has 0 amide bonds. The Balaban J connectivity index is 2.43. The van der Waals surface area contributed by atoms with Crippen molar-refractivity contribution in [3.8, 4) is 0 Å². The number of H-pyrrole nitrogens is 1. The van der Waals surface area contributed by atoms with Crippen molar-refractivity contribution in [3.63, 3.8) is 0 Å². The van der Waals surface area contributed by atoms with E-state index in [0.717, 1.165) is 10.9 Å². The monoisotopic (exact) mass is 309 g/mol. The number of rotatable bonds is 3. The lowest BCUT2D eigenvalue weighted by Crippen LogP contribution is -2.19. The van der Waals surface area contributed by atoms with E-state index in [2.05, 4.69) is 10.2 Å². The highest BCUT2D eigenvalue weighted by Crippen LogP contribution is 2.33. The zero-order valence-corrected chi connectivity index (χ0v) is 11.2. The van der Waals surface area contributed by atoms with Crippen LogP contribution in [0.3, 0.4) is 0 Å². The van der Waals surface area contributed by atoms with Gasteiger partial charge < -0.3 is 0 Å². The highest BCUT2D eigenvalue weighted by molar-refractivity contribution is 7.92. The van der Waals surface area contributed by atoms with Crippen LogP contribution in [0.1, 0.15) is 11.3 Å². The molecule has 0 radical (unpaired) electrons. The zero-order valence-electron chi connectivity index (χ0n) is 10.4. The van der Waals surface area contributed by atoms with Gasteiger partial charge in [0.1, 0.15) is 0 Å². The highest BCUT2D eigenvalue weighted by atomic mass is 32.2. The van der Waals surface area contributed by atoms with E-state index in [1.165, 1.54) is 20.2 Å². The van der Waals surface area contributed by atoms with Gasteiger partial charge in [-0.25, -0.2) is 0 Å². The van der Waals surface area contributed by atoms with Gasteiger partial charge in [-0.3, -0.25) is 14.5 Å². The van der Waals surface area contributed by atoms with Crippen molar-refractivity contribution in [2.45, 2.75) is 18.1 Å². The highest BCUT2D eigenvalue weighted by Gasteiger charge is 2.37. The number of aryl methyl sites for hydroxylation is 2. The smallest absolute Gasteiger partial charge is 0.275 e. The number of sulfonamides is 1. The number of hydrogen-bond donors (Lipinski definition) is 2. The molecule has 0 aromatic carbocycles. The van der Waals surface area contributed by atoms with Gasteiger partial charge in [0.2, 0.25) is 0 Å². The van der Waals surface area contributed by atoms with E-state index >= 15 is 0 Å². The molecule has 11 heteroatoms. The number of anilines is 1. The molecule has 0 unspecified atom stereocenters. The number of halogens is 3. The first-order valence-corrected chi connectivity index (χ1v) is 6.73. The summed E-state index contributed by atoms with van der Waals surface area (Å²) in [5.41, 5.74) is -1.61. The fraction of sp³-hybridized carbons (Fsp3) is 0.333. The maximum Gasteiger partial charge on any atom is 0.434 e. The van der Waals surface area contributed by atoms with Crippen molar-refractivity contribution in [1.82, 2.24) is 20.0 Å². The molecule has 0 atom stereocenters. The second-order valence-electron chi connectivity index (χ2n) is 4.02. The molecular weight excluding hydrogens is 299 g/mol. The second-order valence-corrected chi connectivity index (χ2v) is 5.62. The Labute approximate surface area is 111 Å². The molecule has 0 aliphatic carbocycles. The summed E-state index contributed by atoms with van der Waals surface area (Å²) in [7, 11) is -2.82. The molecule has 0 saturated carbocycles. The first-order valence-electron chi connectivity index (χ1n) is 5.25. The fourth-order valence-electron chi connectivity index (χ4n) is 1.69. The Bertz CT molecular complexity index is 712. The van der Waals surface area contributed by atoms with Crippen molar-refractivity contribution in [2.24, 2.45) is 7.05 Å². The number of alkyl halides is 3. The van der Waals surface area contributed by atoms with Crippen LogP contribution in [-0.2, 0) is 23.2 Å². The molecule has 2 aromatic rings. The van der Waals surface area contributed by atoms with Crippen LogP contribution in [-0.4, -0.2) is 28.4 Å². The summed E-state index contributed by atoms with van der Waals surface area (Å²) in [5.74, 6) is 0. The number of nitrogens with zero attached hydrogens (tertiary/aromatic N) is 3. The third kappa shape index (κ3) is 2.48. The summed E-state index contributed by atoms with van der Waals surface area (Å²) in [6.45, 7) is 1.49. The molecule has 2 N–H and O–H groups in total. The minimum absolute atomic E-state index is 0.216. The molecule has 110 valence electrons. The SMILES string of the molecule is Cc1cnn(C)c1S(=O)(=O)Nc1cn[nH]c1C(F)(F)F. The first-order chi connectivity index (χ1) is 9.13. The van der Waals surface area contributed by atoms with Gasteiger partial charge in [0.15, 0.2) is 10.7 Å². The van der Waals surface area contributed by atoms with Gasteiger partial charge in [0.05, 0.1) is 18.1 Å². The largest absolute Gasteiger partial charge is 0.434 e. The normalized spacial score (nSPS) is 12.7. The summed E-state index contributed by atoms with van der Waals surface area (Å²) < 4.78 is 65.0. The molecule has 20 heavy (non-hydrogen) atoms. The van der Waals surface area contributed by atoms with E-state index in [9.17, 15) is 21.6 Å². The summed E-state index contributed by atoms with van der Waals surface area (Å²) in [6.07, 6.45) is -2.68. The third-order valence-electron chi connectivity index (χ3n) is 2.48. The van der Waals surface area contributed by atoms with E-state index in [1.54, 1.807) is 5.10 Å². The van der Waals surface area contributed by atoms with Gasteiger partial charge in [-0.15, -0.1) is 0 Å². The van der Waals surface area contributed by atoms with Crippen LogP contribution in [0.2, 0.25) is 0 Å². The average Bonchev–Trinajstić information content (AvgIpc) is 2.84. The lowest BCUT2D eigenvalue weighted by molar-refractivity contribution is -0.140. The van der Waals surface area contributed by atoms with E-state index in [4.69, 9.17) is 0 Å². The van der Waals surface area contributed by atoms with Crippen molar-refractivity contribution in [1.29, 1.82) is 0 Å². The summed E-state index contributed by atoms with van der Waals surface area (Å²) in [6, 6.07) is 0. The topological polar surface area (TPSA) is 92.7 Å². The number of aromatic amines is 1. The molecular formula is C9H10F3N5O2S. The fourth-order valence-corrected chi connectivity index (χ4v) is 3.11. The molecule has 7 nitrogen and oxygen atoms in total. The van der Waals surface area contributed by atoms with E-state index in [1.807, 2.05) is 4.72 Å². The molecule has 0 bridgehead atoms. The van der Waals surface area contributed by atoms with Gasteiger partial charge in [-0.05, 0) is 6.92 Å². The van der Waals surface area contributed by atoms with Gasteiger partial charge >= 0.3 is 6.18 Å². The van der Waals surface area contributed by atoms with Crippen LogP contribution < -0.4 is 4.72 Å². The molecule has 0 aliphatic rings. The standard InChI is InChI=1S/C9H10F3N5O2S/c1-5-3-14-17(2)8(5)20(18,19)16-6-4-13-15-7(6)9(10,11)12/h3-4,16H,1-2H3,(H,13,15). The summed E-state index contributed by atoms with van der Waals surface area (Å²) >= 11 is 0. The minimum atomic E-state index is -4.74. The van der Waals surface area contributed by atoms with Crippen molar-refractivity contribution >= 4 is 15.7 Å². The van der Waals surface area contributed by atoms with Crippen LogP contribution in [0.25, 0.3) is 0 Å². The molecule has 0 spiro atoms. The van der Waals surface area contributed by atoms with Gasteiger partial charge in [-0.2, -0.15) is 31.8 Å². The molecule has 0 aliphatic heterocycles. The van der Waals surface area contributed by atoms with E-state index in [0.29, 0.717) is 5.56 Å². The number of hydrogen-bond acceptors (Lipinski definition) is 4. The summed E-state index contributed by atoms with van der Waals surface area (Å²) in [5, 5.41) is 8.44. The minimum Gasteiger partial charge on any atom is -0.275 e. The molecule has 0 fully saturated rings. The summed E-state index contributed by atoms with van der Waals surface area (Å²) in [4.78, 5) is 0. The maximum atomic E-state index is 12.6. The van der Waals surface area contributed by atoms with Crippen LogP contribution in [0.4, 0.5) is 18.9 Å². The van der Waals surface area contributed by atoms with E-state index < -0.39 is 27.6 Å². The van der Waals surface area contributed by atoms with Gasteiger partial charge in [0.25, 0.3) is 10.0 Å². The van der Waals surface area contributed by atoms with E-state index in [-0.39, 0.29) is 5.03 Å². The lowest BCUT2D eigenvalue weighted by atomic mass is 10.4. The molecule has 2 aromatic heterocycles. The first kappa shape index (κ1) is 14.4. The predicted octanol–water partition coefficient (Wildman–Crippen LogP) is 1.27. The number of aromatic nitrogens is 4. The Kier molecular flexibility index (Phi) is 3.24. The van der Waals surface area contributed by atoms with Crippen LogP contribution in [0.15, 0.2) is 17.4 Å². The number of nitrogens with one attached hydrogen (secondary N) is 2. The lowest BCUT2D eigenvalue weighted by Gasteiger charge is -2.10. The van der Waals surface area contributed by atoms with Crippen molar-refractivity contribution < 1.29 is 21.6 Å². The Morgan fingerprint density at radius 3 is 2.50 bits per heavy atom.